The molecule has 2 amide bonds. The van der Waals surface area contributed by atoms with Crippen molar-refractivity contribution < 1.29 is 27.5 Å². The highest BCUT2D eigenvalue weighted by atomic mass is 19.4. The van der Waals surface area contributed by atoms with Gasteiger partial charge in [0.1, 0.15) is 17.5 Å². The number of hydrogen-bond acceptors (Lipinski definition) is 5. The number of ether oxygens (including phenoxy) is 1. The monoisotopic (exact) mass is 438 g/mol. The number of anilines is 1. The van der Waals surface area contributed by atoms with Gasteiger partial charge in [-0.25, -0.2) is 9.78 Å². The van der Waals surface area contributed by atoms with Crippen molar-refractivity contribution in [3.05, 3.63) is 59.8 Å². The van der Waals surface area contributed by atoms with Gasteiger partial charge in [0.2, 0.25) is 0 Å². The molecule has 0 fully saturated rings. The average molecular weight is 438 g/mol. The molecular weight excluding hydrogens is 413 g/mol. The van der Waals surface area contributed by atoms with Gasteiger partial charge in [0.05, 0.1) is 5.56 Å². The number of amides is 2. The highest BCUT2D eigenvalue weighted by Gasteiger charge is 2.30. The third-order valence-corrected chi connectivity index (χ3v) is 3.98. The third-order valence-electron chi connectivity index (χ3n) is 3.98. The molecule has 10 heteroatoms. The summed E-state index contributed by atoms with van der Waals surface area (Å²) in [7, 11) is 0. The van der Waals surface area contributed by atoms with Gasteiger partial charge in [-0.15, -0.1) is 0 Å². The zero-order valence-corrected chi connectivity index (χ0v) is 17.4. The molecule has 0 bridgehead atoms. The molecule has 1 unspecified atom stereocenters. The van der Waals surface area contributed by atoms with Crippen LogP contribution in [-0.2, 0) is 22.1 Å². The molecule has 1 atom stereocenters. The Labute approximate surface area is 178 Å². The lowest BCUT2D eigenvalue weighted by atomic mass is 10.0. The number of nitrogens with zero attached hydrogens (tertiary/aromatic N) is 1. The topological polar surface area (TPSA) is 92.3 Å². The van der Waals surface area contributed by atoms with E-state index in [-0.39, 0.29) is 12.2 Å². The van der Waals surface area contributed by atoms with E-state index >= 15 is 0 Å². The summed E-state index contributed by atoms with van der Waals surface area (Å²) in [6.07, 6.45) is -3.83. The lowest BCUT2D eigenvalue weighted by Crippen LogP contribution is -2.49. The summed E-state index contributed by atoms with van der Waals surface area (Å²) in [6, 6.07) is 10.4. The summed E-state index contributed by atoms with van der Waals surface area (Å²) in [6.45, 7) is 5.09. The van der Waals surface area contributed by atoms with E-state index < -0.39 is 35.4 Å². The van der Waals surface area contributed by atoms with Crippen molar-refractivity contribution in [2.75, 3.05) is 5.43 Å². The molecule has 2 rings (SSSR count). The SMILES string of the molecule is CC(C)(C)OC(=O)NC(CCc1ccccc1)C(=O)NNc1ccc(C(F)(F)F)cn1. The fourth-order valence-electron chi connectivity index (χ4n) is 2.52. The zero-order valence-electron chi connectivity index (χ0n) is 17.4. The van der Waals surface area contributed by atoms with Crippen molar-refractivity contribution in [2.45, 2.75) is 51.4 Å². The maximum absolute atomic E-state index is 12.6. The number of aryl methyl sites for hydroxylation is 1. The Morgan fingerprint density at radius 1 is 1.06 bits per heavy atom. The predicted molar refractivity (Wildman–Crippen MR) is 109 cm³/mol. The summed E-state index contributed by atoms with van der Waals surface area (Å²) in [5, 5.41) is 2.53. The van der Waals surface area contributed by atoms with Crippen LogP contribution in [0, 0.1) is 0 Å². The lowest BCUT2D eigenvalue weighted by molar-refractivity contribution is -0.137. The van der Waals surface area contributed by atoms with E-state index in [2.05, 4.69) is 21.2 Å². The van der Waals surface area contributed by atoms with Gasteiger partial charge in [-0.3, -0.25) is 15.6 Å². The second-order valence-corrected chi connectivity index (χ2v) is 7.77. The molecule has 0 spiro atoms. The number of pyridine rings is 1. The highest BCUT2D eigenvalue weighted by molar-refractivity contribution is 5.86. The molecule has 1 aromatic heterocycles. The number of halogens is 3. The van der Waals surface area contributed by atoms with Gasteiger partial charge in [-0.1, -0.05) is 30.3 Å². The third kappa shape index (κ3) is 8.53. The number of nitrogens with one attached hydrogen (secondary N) is 3. The molecular formula is C21H25F3N4O3. The maximum atomic E-state index is 12.6. The predicted octanol–water partition coefficient (Wildman–Crippen LogP) is 4.07. The smallest absolute Gasteiger partial charge is 0.417 e. The average Bonchev–Trinajstić information content (AvgIpc) is 2.68. The van der Waals surface area contributed by atoms with Crippen LogP contribution >= 0.6 is 0 Å². The zero-order chi connectivity index (χ0) is 23.1. The van der Waals surface area contributed by atoms with Crippen LogP contribution < -0.4 is 16.2 Å². The molecule has 1 heterocycles. The minimum Gasteiger partial charge on any atom is -0.444 e. The fourth-order valence-corrected chi connectivity index (χ4v) is 2.52. The number of alkyl carbamates (subject to hydrolysis) is 1. The van der Waals surface area contributed by atoms with Gasteiger partial charge in [0.25, 0.3) is 5.91 Å². The van der Waals surface area contributed by atoms with Crippen LogP contribution in [0.2, 0.25) is 0 Å². The number of hydrogen-bond donors (Lipinski definition) is 3. The molecule has 0 aliphatic heterocycles. The van der Waals surface area contributed by atoms with Gasteiger partial charge in [-0.05, 0) is 51.3 Å². The number of carbonyl (C=O) groups is 2. The van der Waals surface area contributed by atoms with Crippen LogP contribution in [0.25, 0.3) is 0 Å². The Kier molecular flexibility index (Phi) is 7.84. The lowest BCUT2D eigenvalue weighted by Gasteiger charge is -2.23. The summed E-state index contributed by atoms with van der Waals surface area (Å²) in [5.74, 6) is -0.580. The van der Waals surface area contributed by atoms with E-state index in [0.717, 1.165) is 17.7 Å². The Hall–Kier alpha value is -3.30. The van der Waals surface area contributed by atoms with E-state index in [1.165, 1.54) is 0 Å². The normalized spacial score (nSPS) is 12.6. The minimum atomic E-state index is -4.51. The van der Waals surface area contributed by atoms with Gasteiger partial charge in [0, 0.05) is 6.20 Å². The van der Waals surface area contributed by atoms with E-state index in [1.807, 2.05) is 30.3 Å². The molecule has 0 saturated carbocycles. The Balaban J connectivity index is 2.01. The highest BCUT2D eigenvalue weighted by Crippen LogP contribution is 2.28. The first kappa shape index (κ1) is 24.0. The Bertz CT molecular complexity index is 866. The molecule has 7 nitrogen and oxygen atoms in total. The Morgan fingerprint density at radius 3 is 2.29 bits per heavy atom. The second-order valence-electron chi connectivity index (χ2n) is 7.77. The molecule has 0 aliphatic carbocycles. The number of carbonyl (C=O) groups excluding carboxylic acids is 2. The molecule has 168 valence electrons. The van der Waals surface area contributed by atoms with Crippen LogP contribution in [0.15, 0.2) is 48.7 Å². The molecule has 3 N–H and O–H groups in total. The minimum absolute atomic E-state index is 0.0143. The second kappa shape index (κ2) is 10.1. The van der Waals surface area contributed by atoms with Crippen molar-refractivity contribution in [2.24, 2.45) is 0 Å². The van der Waals surface area contributed by atoms with Crippen molar-refractivity contribution in [1.82, 2.24) is 15.7 Å². The first-order chi connectivity index (χ1) is 14.4. The van der Waals surface area contributed by atoms with Crippen LogP contribution in [-0.4, -0.2) is 28.6 Å². The van der Waals surface area contributed by atoms with Crippen LogP contribution in [0.5, 0.6) is 0 Å². The number of rotatable bonds is 7. The van der Waals surface area contributed by atoms with Crippen molar-refractivity contribution in [3.63, 3.8) is 0 Å². The number of hydrazine groups is 1. The summed E-state index contributed by atoms with van der Waals surface area (Å²) in [5.41, 5.74) is 4.14. The van der Waals surface area contributed by atoms with Crippen LogP contribution in [0.3, 0.4) is 0 Å². The molecule has 0 aliphatic rings. The van der Waals surface area contributed by atoms with E-state index in [9.17, 15) is 22.8 Å². The summed E-state index contributed by atoms with van der Waals surface area (Å²) in [4.78, 5) is 28.4. The molecule has 1 aromatic carbocycles. The van der Waals surface area contributed by atoms with Gasteiger partial charge in [0.15, 0.2) is 0 Å². The summed E-state index contributed by atoms with van der Waals surface area (Å²) < 4.78 is 43.1. The molecule has 2 aromatic rings. The van der Waals surface area contributed by atoms with E-state index in [4.69, 9.17) is 4.74 Å². The number of benzene rings is 1. The van der Waals surface area contributed by atoms with E-state index in [1.54, 1.807) is 20.8 Å². The van der Waals surface area contributed by atoms with Gasteiger partial charge < -0.3 is 10.1 Å². The van der Waals surface area contributed by atoms with Gasteiger partial charge in [-0.2, -0.15) is 13.2 Å². The van der Waals surface area contributed by atoms with Crippen molar-refractivity contribution in [3.8, 4) is 0 Å². The van der Waals surface area contributed by atoms with Crippen molar-refractivity contribution in [1.29, 1.82) is 0 Å². The number of aromatic nitrogens is 1. The van der Waals surface area contributed by atoms with Crippen molar-refractivity contribution >= 4 is 17.8 Å². The van der Waals surface area contributed by atoms with Crippen LogP contribution in [0.4, 0.5) is 23.8 Å². The molecule has 0 radical (unpaired) electrons. The number of alkyl halides is 3. The quantitative estimate of drug-likeness (QED) is 0.567. The summed E-state index contributed by atoms with van der Waals surface area (Å²) >= 11 is 0. The maximum Gasteiger partial charge on any atom is 0.417 e. The first-order valence-corrected chi connectivity index (χ1v) is 9.56. The Morgan fingerprint density at radius 2 is 1.74 bits per heavy atom. The van der Waals surface area contributed by atoms with Gasteiger partial charge >= 0.3 is 12.3 Å². The molecule has 0 saturated heterocycles. The largest absolute Gasteiger partial charge is 0.444 e. The van der Waals surface area contributed by atoms with Crippen LogP contribution in [0.1, 0.15) is 38.3 Å². The molecule has 31 heavy (non-hydrogen) atoms. The first-order valence-electron chi connectivity index (χ1n) is 9.56. The van der Waals surface area contributed by atoms with E-state index in [0.29, 0.717) is 12.6 Å². The standard InChI is InChI=1S/C21H25F3N4O3/c1-20(2,3)31-19(30)26-16(11-9-14-7-5-4-6-8-14)18(29)28-27-17-12-10-15(13-25-17)21(22,23)24/h4-8,10,12-13,16H,9,11H2,1-3H3,(H,25,27)(H,26,30)(H,28,29). The fraction of sp³-hybridized carbons (Fsp3) is 0.381.